The number of esters is 1. The maximum atomic E-state index is 11.8. The largest absolute Gasteiger partial charge is 0.468 e. The van der Waals surface area contributed by atoms with Gasteiger partial charge in [-0.05, 0) is 39.3 Å². The van der Waals surface area contributed by atoms with Gasteiger partial charge in [-0.1, -0.05) is 6.92 Å². The van der Waals surface area contributed by atoms with Gasteiger partial charge in [-0.2, -0.15) is 0 Å². The highest BCUT2D eigenvalue weighted by atomic mass is 32.2. The Bertz CT molecular complexity index is 328. The van der Waals surface area contributed by atoms with Gasteiger partial charge >= 0.3 is 5.97 Å². The van der Waals surface area contributed by atoms with Crippen LogP contribution in [-0.4, -0.2) is 65.4 Å². The van der Waals surface area contributed by atoms with Gasteiger partial charge in [-0.25, -0.2) is 0 Å². The van der Waals surface area contributed by atoms with Crippen LogP contribution >= 0.6 is 0 Å². The molecule has 6 heteroatoms. The summed E-state index contributed by atoms with van der Waals surface area (Å²) in [5.41, 5.74) is -0.576. The number of unbranched alkanes of at least 4 members (excludes halogenated alkanes) is 1. The van der Waals surface area contributed by atoms with E-state index in [9.17, 15) is 9.00 Å². The maximum Gasteiger partial charge on any atom is 0.325 e. The van der Waals surface area contributed by atoms with Crippen LogP contribution < -0.4 is 5.32 Å². The summed E-state index contributed by atoms with van der Waals surface area (Å²) in [5.74, 6) is 1.42. The minimum absolute atomic E-state index is 0.187. The van der Waals surface area contributed by atoms with Crippen molar-refractivity contribution in [2.75, 3.05) is 44.8 Å². The first-order valence-corrected chi connectivity index (χ1v) is 8.91. The van der Waals surface area contributed by atoms with Crippen LogP contribution in [0, 0.1) is 0 Å². The zero-order chi connectivity index (χ0) is 15.0. The zero-order valence-corrected chi connectivity index (χ0v) is 13.8. The van der Waals surface area contributed by atoms with E-state index in [2.05, 4.69) is 10.2 Å². The summed E-state index contributed by atoms with van der Waals surface area (Å²) >= 11 is 0. The Morgan fingerprint density at radius 3 is 2.55 bits per heavy atom. The molecule has 0 amide bonds. The zero-order valence-electron chi connectivity index (χ0n) is 12.9. The fourth-order valence-electron chi connectivity index (χ4n) is 2.59. The summed E-state index contributed by atoms with van der Waals surface area (Å²) in [5, 5.41) is 3.23. The summed E-state index contributed by atoms with van der Waals surface area (Å²) < 4.78 is 16.2. The number of hydrogen-bond acceptors (Lipinski definition) is 5. The third-order valence-corrected chi connectivity index (χ3v) is 5.15. The molecule has 1 N–H and O–H groups in total. The van der Waals surface area contributed by atoms with Crippen molar-refractivity contribution >= 4 is 16.8 Å². The van der Waals surface area contributed by atoms with Gasteiger partial charge in [0.1, 0.15) is 5.54 Å². The van der Waals surface area contributed by atoms with E-state index in [0.717, 1.165) is 56.9 Å². The third-order valence-electron chi connectivity index (χ3n) is 3.87. The first-order chi connectivity index (χ1) is 9.51. The average Bonchev–Trinajstić information content (AvgIpc) is 2.45. The van der Waals surface area contributed by atoms with Crippen LogP contribution in [0.25, 0.3) is 0 Å². The highest BCUT2D eigenvalue weighted by Gasteiger charge is 2.32. The van der Waals surface area contributed by atoms with Gasteiger partial charge in [-0.3, -0.25) is 9.00 Å². The molecule has 118 valence electrons. The number of nitrogens with zero attached hydrogens (tertiary/aromatic N) is 1. The number of rotatable bonds is 8. The molecule has 1 unspecified atom stereocenters. The molecule has 1 fully saturated rings. The molecule has 0 spiro atoms. The smallest absolute Gasteiger partial charge is 0.325 e. The highest BCUT2D eigenvalue weighted by Crippen LogP contribution is 2.16. The number of likely N-dealkylation sites (N-methyl/N-ethyl adjacent to an activating group) is 1. The lowest BCUT2D eigenvalue weighted by atomic mass is 9.94. The van der Waals surface area contributed by atoms with Crippen LogP contribution in [0.15, 0.2) is 0 Å². The normalized spacial score (nSPS) is 20.6. The van der Waals surface area contributed by atoms with Crippen LogP contribution in [-0.2, 0) is 20.3 Å². The number of methoxy groups -OCH3 is 1. The quantitative estimate of drug-likeness (QED) is 0.530. The monoisotopic (exact) mass is 304 g/mol. The van der Waals surface area contributed by atoms with Gasteiger partial charge in [0, 0.05) is 35.4 Å². The van der Waals surface area contributed by atoms with Crippen molar-refractivity contribution in [1.29, 1.82) is 0 Å². The SMILES string of the molecule is CCNC(C)(CCCCN1CCS(=O)CC1)C(=O)OC. The van der Waals surface area contributed by atoms with Crippen molar-refractivity contribution in [2.45, 2.75) is 38.6 Å². The van der Waals surface area contributed by atoms with Gasteiger partial charge < -0.3 is 15.0 Å². The Kier molecular flexibility index (Phi) is 7.69. The van der Waals surface area contributed by atoms with E-state index in [-0.39, 0.29) is 5.97 Å². The molecular formula is C14H28N2O3S. The van der Waals surface area contributed by atoms with Gasteiger partial charge in [0.05, 0.1) is 7.11 Å². The van der Waals surface area contributed by atoms with Gasteiger partial charge in [0.15, 0.2) is 0 Å². The van der Waals surface area contributed by atoms with E-state index >= 15 is 0 Å². The standard InChI is InChI=1S/C14H28N2O3S/c1-4-15-14(2,13(17)19-3)7-5-6-8-16-9-11-20(18)12-10-16/h15H,4-12H2,1-3H3. The Balaban J connectivity index is 2.27. The van der Waals surface area contributed by atoms with E-state index in [1.165, 1.54) is 7.11 Å². The predicted molar refractivity (Wildman–Crippen MR) is 82.3 cm³/mol. The summed E-state index contributed by atoms with van der Waals surface area (Å²) in [6.45, 7) is 7.56. The molecule has 1 heterocycles. The first-order valence-electron chi connectivity index (χ1n) is 7.42. The maximum absolute atomic E-state index is 11.8. The van der Waals surface area contributed by atoms with Crippen LogP contribution in [0.5, 0.6) is 0 Å². The molecule has 0 aliphatic carbocycles. The molecule has 20 heavy (non-hydrogen) atoms. The lowest BCUT2D eigenvalue weighted by Gasteiger charge is -2.29. The number of carbonyl (C=O) groups excluding carboxylic acids is 1. The van der Waals surface area contributed by atoms with E-state index < -0.39 is 16.3 Å². The van der Waals surface area contributed by atoms with Crippen LogP contribution in [0.3, 0.4) is 0 Å². The molecule has 1 aliphatic rings. The second kappa shape index (κ2) is 8.74. The molecule has 1 rings (SSSR count). The number of hydrogen-bond donors (Lipinski definition) is 1. The Labute approximate surface area is 124 Å². The van der Waals surface area contributed by atoms with E-state index in [1.54, 1.807) is 0 Å². The van der Waals surface area contributed by atoms with Crippen molar-refractivity contribution in [2.24, 2.45) is 0 Å². The van der Waals surface area contributed by atoms with Crippen molar-refractivity contribution in [3.8, 4) is 0 Å². The minimum atomic E-state index is -0.605. The molecule has 0 saturated carbocycles. The Morgan fingerprint density at radius 2 is 2.00 bits per heavy atom. The lowest BCUT2D eigenvalue weighted by molar-refractivity contribution is -0.148. The number of carbonyl (C=O) groups is 1. The second-order valence-corrected chi connectivity index (χ2v) is 7.20. The summed E-state index contributed by atoms with van der Waals surface area (Å²) in [6, 6.07) is 0. The van der Waals surface area contributed by atoms with Crippen molar-refractivity contribution in [1.82, 2.24) is 10.2 Å². The van der Waals surface area contributed by atoms with E-state index in [1.807, 2.05) is 13.8 Å². The van der Waals surface area contributed by atoms with Crippen molar-refractivity contribution < 1.29 is 13.7 Å². The van der Waals surface area contributed by atoms with Crippen LogP contribution in [0.1, 0.15) is 33.1 Å². The molecule has 0 aromatic rings. The Hall–Kier alpha value is -0.460. The molecule has 0 aromatic heterocycles. The molecule has 0 aromatic carbocycles. The summed E-state index contributed by atoms with van der Waals surface area (Å²) in [4.78, 5) is 14.2. The summed E-state index contributed by atoms with van der Waals surface area (Å²) in [7, 11) is 0.831. The number of ether oxygens (including phenoxy) is 1. The highest BCUT2D eigenvalue weighted by molar-refractivity contribution is 7.85. The topological polar surface area (TPSA) is 58.6 Å². The van der Waals surface area contributed by atoms with E-state index in [4.69, 9.17) is 4.74 Å². The van der Waals surface area contributed by atoms with Crippen molar-refractivity contribution in [3.05, 3.63) is 0 Å². The molecule has 1 saturated heterocycles. The fourth-order valence-corrected chi connectivity index (χ4v) is 3.72. The lowest BCUT2D eigenvalue weighted by Crippen LogP contribution is -2.50. The molecule has 1 aliphatic heterocycles. The molecule has 5 nitrogen and oxygen atoms in total. The third kappa shape index (κ3) is 5.50. The van der Waals surface area contributed by atoms with Crippen LogP contribution in [0.4, 0.5) is 0 Å². The first kappa shape index (κ1) is 17.6. The van der Waals surface area contributed by atoms with Gasteiger partial charge in [0.2, 0.25) is 0 Å². The predicted octanol–water partition coefficient (Wildman–Crippen LogP) is 0.762. The van der Waals surface area contributed by atoms with E-state index in [0.29, 0.717) is 0 Å². The second-order valence-electron chi connectivity index (χ2n) is 5.50. The molecule has 0 radical (unpaired) electrons. The van der Waals surface area contributed by atoms with Crippen LogP contribution in [0.2, 0.25) is 0 Å². The average molecular weight is 304 g/mol. The fraction of sp³-hybridized carbons (Fsp3) is 0.929. The molecule has 1 atom stereocenters. The Morgan fingerprint density at radius 1 is 1.35 bits per heavy atom. The molecular weight excluding hydrogens is 276 g/mol. The molecule has 0 bridgehead atoms. The minimum Gasteiger partial charge on any atom is -0.468 e. The summed E-state index contributed by atoms with van der Waals surface area (Å²) in [6.07, 6.45) is 2.83. The number of nitrogens with one attached hydrogen (secondary N) is 1. The van der Waals surface area contributed by atoms with Gasteiger partial charge in [0.25, 0.3) is 0 Å². The van der Waals surface area contributed by atoms with Crippen molar-refractivity contribution in [3.63, 3.8) is 0 Å². The van der Waals surface area contributed by atoms with Gasteiger partial charge in [-0.15, -0.1) is 0 Å².